The number of morpholine rings is 1. The molecular weight excluding hydrogens is 390 g/mol. The maximum atomic E-state index is 12.6. The topological polar surface area (TPSA) is 54.0 Å². The summed E-state index contributed by atoms with van der Waals surface area (Å²) in [7, 11) is 3.63. The van der Waals surface area contributed by atoms with E-state index < -0.39 is 0 Å². The number of nitrogens with one attached hydrogen (secondary N) is 1. The summed E-state index contributed by atoms with van der Waals surface area (Å²) in [5.41, 5.74) is 3.05. The lowest BCUT2D eigenvalue weighted by Gasteiger charge is -2.28. The molecule has 1 aliphatic heterocycles. The van der Waals surface area contributed by atoms with Gasteiger partial charge in [-0.3, -0.25) is 9.69 Å². The lowest BCUT2D eigenvalue weighted by molar-refractivity contribution is -0.117. The molecule has 1 amide bonds. The molecule has 162 valence electrons. The van der Waals surface area contributed by atoms with Crippen molar-refractivity contribution in [3.05, 3.63) is 66.2 Å². The SMILES string of the molecule is COc1ccc2ccccc2c1CN(C)CC(=O)Nc1ccc(N2CCOCC2)cc1. The molecule has 0 aromatic heterocycles. The quantitative estimate of drug-likeness (QED) is 0.632. The Balaban J connectivity index is 1.37. The normalized spacial score (nSPS) is 14.1. The molecule has 3 aromatic carbocycles. The molecule has 6 nitrogen and oxygen atoms in total. The van der Waals surface area contributed by atoms with Crippen molar-refractivity contribution in [3.63, 3.8) is 0 Å². The first-order valence-electron chi connectivity index (χ1n) is 10.6. The van der Waals surface area contributed by atoms with Crippen LogP contribution in [-0.4, -0.2) is 57.8 Å². The van der Waals surface area contributed by atoms with Crippen LogP contribution in [0.3, 0.4) is 0 Å². The highest BCUT2D eigenvalue weighted by Gasteiger charge is 2.14. The van der Waals surface area contributed by atoms with Crippen molar-refractivity contribution in [1.29, 1.82) is 0 Å². The smallest absolute Gasteiger partial charge is 0.238 e. The van der Waals surface area contributed by atoms with Crippen molar-refractivity contribution in [2.45, 2.75) is 6.54 Å². The van der Waals surface area contributed by atoms with Gasteiger partial charge in [-0.2, -0.15) is 0 Å². The summed E-state index contributed by atoms with van der Waals surface area (Å²) in [6.07, 6.45) is 0. The van der Waals surface area contributed by atoms with E-state index in [1.807, 2.05) is 54.4 Å². The number of benzene rings is 3. The molecule has 0 atom stereocenters. The molecule has 0 bridgehead atoms. The molecule has 1 saturated heterocycles. The molecule has 1 heterocycles. The summed E-state index contributed by atoms with van der Waals surface area (Å²) in [6.45, 7) is 4.21. The van der Waals surface area contributed by atoms with Gasteiger partial charge in [0.2, 0.25) is 5.91 Å². The fourth-order valence-electron chi connectivity index (χ4n) is 4.02. The van der Waals surface area contributed by atoms with Crippen LogP contribution in [0.4, 0.5) is 11.4 Å². The van der Waals surface area contributed by atoms with Gasteiger partial charge in [-0.1, -0.05) is 30.3 Å². The zero-order chi connectivity index (χ0) is 21.6. The van der Waals surface area contributed by atoms with Gasteiger partial charge in [0.15, 0.2) is 0 Å². The Morgan fingerprint density at radius 1 is 1.06 bits per heavy atom. The molecule has 1 aliphatic rings. The average Bonchev–Trinajstić information content (AvgIpc) is 2.80. The maximum Gasteiger partial charge on any atom is 0.238 e. The Labute approximate surface area is 183 Å². The second-order valence-corrected chi connectivity index (χ2v) is 7.83. The highest BCUT2D eigenvalue weighted by atomic mass is 16.5. The van der Waals surface area contributed by atoms with Crippen molar-refractivity contribution in [1.82, 2.24) is 4.90 Å². The molecule has 1 fully saturated rings. The molecule has 0 unspecified atom stereocenters. The second kappa shape index (κ2) is 9.81. The van der Waals surface area contributed by atoms with E-state index in [1.54, 1.807) is 7.11 Å². The number of nitrogens with zero attached hydrogens (tertiary/aromatic N) is 2. The van der Waals surface area contributed by atoms with E-state index >= 15 is 0 Å². The third-order valence-electron chi connectivity index (χ3n) is 5.59. The highest BCUT2D eigenvalue weighted by molar-refractivity contribution is 5.92. The first-order valence-corrected chi connectivity index (χ1v) is 10.6. The Morgan fingerprint density at radius 3 is 2.55 bits per heavy atom. The maximum absolute atomic E-state index is 12.6. The van der Waals surface area contributed by atoms with Crippen LogP contribution in [0.1, 0.15) is 5.56 Å². The predicted octanol–water partition coefficient (Wildman–Crippen LogP) is 3.76. The summed E-state index contributed by atoms with van der Waals surface area (Å²) in [5.74, 6) is 0.797. The largest absolute Gasteiger partial charge is 0.496 e. The number of carbonyl (C=O) groups is 1. The number of likely N-dealkylation sites (N-methyl/N-ethyl adjacent to an activating group) is 1. The van der Waals surface area contributed by atoms with Crippen LogP contribution in [0.15, 0.2) is 60.7 Å². The number of rotatable bonds is 7. The van der Waals surface area contributed by atoms with Gasteiger partial charge in [0.05, 0.1) is 26.9 Å². The Kier molecular flexibility index (Phi) is 6.70. The minimum atomic E-state index is -0.0409. The minimum absolute atomic E-state index is 0.0409. The van der Waals surface area contributed by atoms with Crippen LogP contribution >= 0.6 is 0 Å². The summed E-state index contributed by atoms with van der Waals surface area (Å²) < 4.78 is 11.0. The van der Waals surface area contributed by atoms with Gasteiger partial charge in [-0.15, -0.1) is 0 Å². The average molecular weight is 420 g/mol. The van der Waals surface area contributed by atoms with Crippen LogP contribution in [0.5, 0.6) is 5.75 Å². The fraction of sp³-hybridized carbons (Fsp3) is 0.320. The van der Waals surface area contributed by atoms with Crippen LogP contribution in [0.2, 0.25) is 0 Å². The molecule has 31 heavy (non-hydrogen) atoms. The number of anilines is 2. The van der Waals surface area contributed by atoms with Crippen LogP contribution in [-0.2, 0) is 16.1 Å². The standard InChI is InChI=1S/C25H29N3O3/c1-27(17-23-22-6-4-3-5-19(22)7-12-24(23)30-2)18-25(29)26-20-8-10-21(11-9-20)28-13-15-31-16-14-28/h3-12H,13-18H2,1-2H3,(H,26,29). The minimum Gasteiger partial charge on any atom is -0.496 e. The number of fused-ring (bicyclic) bond motifs is 1. The van der Waals surface area contributed by atoms with Gasteiger partial charge in [0, 0.05) is 36.6 Å². The van der Waals surface area contributed by atoms with Gasteiger partial charge in [-0.25, -0.2) is 0 Å². The van der Waals surface area contributed by atoms with E-state index in [1.165, 1.54) is 0 Å². The van der Waals surface area contributed by atoms with Crippen LogP contribution in [0, 0.1) is 0 Å². The summed E-state index contributed by atoms with van der Waals surface area (Å²) in [6, 6.07) is 20.3. The summed E-state index contributed by atoms with van der Waals surface area (Å²) in [5, 5.41) is 5.31. The monoisotopic (exact) mass is 419 g/mol. The van der Waals surface area contributed by atoms with Crippen molar-refractivity contribution in [2.24, 2.45) is 0 Å². The molecule has 0 spiro atoms. The summed E-state index contributed by atoms with van der Waals surface area (Å²) in [4.78, 5) is 16.9. The van der Waals surface area contributed by atoms with Crippen molar-refractivity contribution in [3.8, 4) is 5.75 Å². The number of hydrogen-bond donors (Lipinski definition) is 1. The zero-order valence-corrected chi connectivity index (χ0v) is 18.1. The molecule has 6 heteroatoms. The van der Waals surface area contributed by atoms with E-state index in [2.05, 4.69) is 28.4 Å². The molecule has 0 aliphatic carbocycles. The number of methoxy groups -OCH3 is 1. The number of carbonyl (C=O) groups excluding carboxylic acids is 1. The van der Waals surface area contributed by atoms with E-state index in [0.29, 0.717) is 6.54 Å². The lowest BCUT2D eigenvalue weighted by atomic mass is 10.0. The molecule has 1 N–H and O–H groups in total. The Bertz CT molecular complexity index is 1030. The fourth-order valence-corrected chi connectivity index (χ4v) is 4.02. The zero-order valence-electron chi connectivity index (χ0n) is 18.1. The van der Waals surface area contributed by atoms with Crippen molar-refractivity contribution >= 4 is 28.1 Å². The van der Waals surface area contributed by atoms with Gasteiger partial charge >= 0.3 is 0 Å². The lowest BCUT2D eigenvalue weighted by Crippen LogP contribution is -2.36. The van der Waals surface area contributed by atoms with Crippen molar-refractivity contribution in [2.75, 3.05) is 57.2 Å². The van der Waals surface area contributed by atoms with E-state index in [0.717, 1.165) is 59.8 Å². The van der Waals surface area contributed by atoms with E-state index in [9.17, 15) is 4.79 Å². The first kappa shape index (κ1) is 21.2. The third kappa shape index (κ3) is 5.16. The Hall–Kier alpha value is -3.09. The number of ether oxygens (including phenoxy) is 2. The summed E-state index contributed by atoms with van der Waals surface area (Å²) >= 11 is 0. The number of hydrogen-bond acceptors (Lipinski definition) is 5. The van der Waals surface area contributed by atoms with Gasteiger partial charge in [-0.05, 0) is 48.2 Å². The van der Waals surface area contributed by atoms with E-state index in [-0.39, 0.29) is 12.5 Å². The predicted molar refractivity (Wildman–Crippen MR) is 125 cm³/mol. The highest BCUT2D eigenvalue weighted by Crippen LogP contribution is 2.29. The molecule has 0 radical (unpaired) electrons. The van der Waals surface area contributed by atoms with Gasteiger partial charge in [0.1, 0.15) is 5.75 Å². The van der Waals surface area contributed by atoms with Gasteiger partial charge in [0.25, 0.3) is 0 Å². The second-order valence-electron chi connectivity index (χ2n) is 7.83. The van der Waals surface area contributed by atoms with Gasteiger partial charge < -0.3 is 19.7 Å². The molecule has 3 aromatic rings. The third-order valence-corrected chi connectivity index (χ3v) is 5.59. The van der Waals surface area contributed by atoms with Crippen molar-refractivity contribution < 1.29 is 14.3 Å². The van der Waals surface area contributed by atoms with E-state index in [4.69, 9.17) is 9.47 Å². The Morgan fingerprint density at radius 2 is 1.81 bits per heavy atom. The van der Waals surface area contributed by atoms with Crippen LogP contribution < -0.4 is 15.0 Å². The van der Waals surface area contributed by atoms with Crippen LogP contribution in [0.25, 0.3) is 10.8 Å². The molecule has 4 rings (SSSR count). The first-order chi connectivity index (χ1) is 15.1. The molecular formula is C25H29N3O3. The number of amides is 1. The molecule has 0 saturated carbocycles.